The number of carbonyl (C=O) groups is 1. The Morgan fingerprint density at radius 2 is 1.95 bits per heavy atom. The van der Waals surface area contributed by atoms with Crippen molar-refractivity contribution in [3.63, 3.8) is 0 Å². The first-order chi connectivity index (χ1) is 8.93. The maximum absolute atomic E-state index is 11.5. The van der Waals surface area contributed by atoms with Crippen LogP contribution in [-0.4, -0.2) is 48.5 Å². The van der Waals surface area contributed by atoms with Crippen LogP contribution < -0.4 is 10.6 Å². The van der Waals surface area contributed by atoms with Crippen LogP contribution in [0.25, 0.3) is 0 Å². The van der Waals surface area contributed by atoms with Gasteiger partial charge in [0.2, 0.25) is 5.91 Å². The molecular weight excluding hydrogens is 242 g/mol. The lowest BCUT2D eigenvalue weighted by Gasteiger charge is -2.13. The summed E-state index contributed by atoms with van der Waals surface area (Å²) in [6.45, 7) is 4.66. The van der Waals surface area contributed by atoms with Crippen molar-refractivity contribution in [2.45, 2.75) is 26.2 Å². The van der Waals surface area contributed by atoms with Crippen LogP contribution in [0.15, 0.2) is 6.07 Å². The number of carbonyl (C=O) groups excluding carboxylic acids is 1. The summed E-state index contributed by atoms with van der Waals surface area (Å²) in [6.07, 6.45) is 0.447. The molecule has 0 aliphatic carbocycles. The van der Waals surface area contributed by atoms with Crippen molar-refractivity contribution in [2.75, 3.05) is 38.3 Å². The van der Waals surface area contributed by atoms with E-state index in [2.05, 4.69) is 20.6 Å². The number of hydrogen-bond donors (Lipinski definition) is 2. The Morgan fingerprint density at radius 1 is 1.32 bits per heavy atom. The third-order valence-electron chi connectivity index (χ3n) is 2.66. The second kappa shape index (κ2) is 6.92. The molecule has 0 aromatic carbocycles. The molecule has 1 heterocycles. The topological polar surface area (TPSA) is 70.2 Å². The van der Waals surface area contributed by atoms with Crippen molar-refractivity contribution in [1.82, 2.24) is 14.9 Å². The molecule has 1 aromatic heterocycles. The summed E-state index contributed by atoms with van der Waals surface area (Å²) >= 11 is 0. The fraction of sp³-hybridized carbons (Fsp3) is 0.615. The van der Waals surface area contributed by atoms with Gasteiger partial charge in [0.25, 0.3) is 0 Å². The van der Waals surface area contributed by atoms with Gasteiger partial charge in [0, 0.05) is 46.1 Å². The van der Waals surface area contributed by atoms with Gasteiger partial charge in [-0.25, -0.2) is 9.97 Å². The van der Waals surface area contributed by atoms with Crippen molar-refractivity contribution >= 4 is 17.5 Å². The molecule has 6 heteroatoms. The van der Waals surface area contributed by atoms with Crippen LogP contribution in [0, 0.1) is 0 Å². The van der Waals surface area contributed by atoms with Gasteiger partial charge in [-0.3, -0.25) is 4.79 Å². The molecule has 19 heavy (non-hydrogen) atoms. The van der Waals surface area contributed by atoms with E-state index in [9.17, 15) is 4.79 Å². The molecule has 1 rings (SSSR count). The normalized spacial score (nSPS) is 10.4. The van der Waals surface area contributed by atoms with Gasteiger partial charge in [-0.15, -0.1) is 0 Å². The predicted octanol–water partition coefficient (Wildman–Crippen LogP) is 1.53. The number of nitrogens with one attached hydrogen (secondary N) is 2. The molecule has 1 amide bonds. The summed E-state index contributed by atoms with van der Waals surface area (Å²) in [5, 5.41) is 6.18. The molecule has 0 saturated heterocycles. The average Bonchev–Trinajstić information content (AvgIpc) is 2.37. The highest BCUT2D eigenvalue weighted by Gasteiger charge is 2.08. The monoisotopic (exact) mass is 265 g/mol. The minimum atomic E-state index is 0.0967. The van der Waals surface area contributed by atoms with E-state index in [4.69, 9.17) is 0 Å². The van der Waals surface area contributed by atoms with E-state index in [-0.39, 0.29) is 11.8 Å². The van der Waals surface area contributed by atoms with Crippen molar-refractivity contribution in [3.05, 3.63) is 11.9 Å². The summed E-state index contributed by atoms with van der Waals surface area (Å²) in [4.78, 5) is 21.9. The van der Waals surface area contributed by atoms with E-state index >= 15 is 0 Å². The first-order valence-electron chi connectivity index (χ1n) is 6.44. The van der Waals surface area contributed by atoms with Crippen molar-refractivity contribution in [2.24, 2.45) is 0 Å². The van der Waals surface area contributed by atoms with E-state index in [1.165, 1.54) is 0 Å². The highest BCUT2D eigenvalue weighted by molar-refractivity contribution is 5.76. The summed E-state index contributed by atoms with van der Waals surface area (Å²) in [7, 11) is 5.33. The molecule has 2 N–H and O–H groups in total. The Balaban J connectivity index is 2.67. The Kier molecular flexibility index (Phi) is 5.54. The molecule has 106 valence electrons. The van der Waals surface area contributed by atoms with Gasteiger partial charge >= 0.3 is 0 Å². The van der Waals surface area contributed by atoms with Crippen LogP contribution in [0.5, 0.6) is 0 Å². The number of nitrogens with zero attached hydrogens (tertiary/aromatic N) is 3. The molecule has 0 saturated carbocycles. The second-order valence-electron chi connectivity index (χ2n) is 4.87. The molecule has 0 spiro atoms. The predicted molar refractivity (Wildman–Crippen MR) is 77.5 cm³/mol. The Labute approximate surface area is 114 Å². The van der Waals surface area contributed by atoms with Gasteiger partial charge in [-0.2, -0.15) is 0 Å². The molecule has 0 radical (unpaired) electrons. The molecule has 0 fully saturated rings. The Bertz CT molecular complexity index is 431. The summed E-state index contributed by atoms with van der Waals surface area (Å²) in [6, 6.07) is 1.84. The molecule has 0 atom stereocenters. The van der Waals surface area contributed by atoms with E-state index < -0.39 is 0 Å². The van der Waals surface area contributed by atoms with Crippen LogP contribution in [-0.2, 0) is 4.79 Å². The Morgan fingerprint density at radius 3 is 2.47 bits per heavy atom. The van der Waals surface area contributed by atoms with Gasteiger partial charge in [0.15, 0.2) is 0 Å². The van der Waals surface area contributed by atoms with Crippen LogP contribution in [0.1, 0.15) is 32.0 Å². The van der Waals surface area contributed by atoms with Gasteiger partial charge in [0.05, 0.1) is 0 Å². The molecule has 0 bridgehead atoms. The highest BCUT2D eigenvalue weighted by Crippen LogP contribution is 2.16. The van der Waals surface area contributed by atoms with E-state index in [1.807, 2.05) is 27.0 Å². The standard InChI is InChI=1S/C13H23N5O/c1-9(2)13-16-10(14-3)8-11(17-13)15-7-6-12(19)18(4)5/h8-9H,6-7H2,1-5H3,(H2,14,15,16,17). The SMILES string of the molecule is CNc1cc(NCCC(=O)N(C)C)nc(C(C)C)n1. The molecule has 0 aliphatic rings. The van der Waals surface area contributed by atoms with Crippen molar-refractivity contribution in [1.29, 1.82) is 0 Å². The maximum Gasteiger partial charge on any atom is 0.223 e. The van der Waals surface area contributed by atoms with Crippen LogP contribution >= 0.6 is 0 Å². The fourth-order valence-corrected chi connectivity index (χ4v) is 1.46. The lowest BCUT2D eigenvalue weighted by Crippen LogP contribution is -2.24. The second-order valence-corrected chi connectivity index (χ2v) is 4.87. The first-order valence-corrected chi connectivity index (χ1v) is 6.44. The largest absolute Gasteiger partial charge is 0.373 e. The quantitative estimate of drug-likeness (QED) is 0.816. The third-order valence-corrected chi connectivity index (χ3v) is 2.66. The summed E-state index contributed by atoms with van der Waals surface area (Å²) in [5.41, 5.74) is 0. The van der Waals surface area contributed by atoms with Gasteiger partial charge in [-0.05, 0) is 0 Å². The van der Waals surface area contributed by atoms with Crippen LogP contribution in [0.4, 0.5) is 11.6 Å². The molecular formula is C13H23N5O. The minimum Gasteiger partial charge on any atom is -0.373 e. The zero-order valence-electron chi connectivity index (χ0n) is 12.3. The van der Waals surface area contributed by atoms with E-state index in [0.29, 0.717) is 13.0 Å². The molecule has 0 aliphatic heterocycles. The minimum absolute atomic E-state index is 0.0967. The smallest absolute Gasteiger partial charge is 0.223 e. The number of anilines is 2. The van der Waals surface area contributed by atoms with Gasteiger partial charge in [0.1, 0.15) is 17.5 Å². The van der Waals surface area contributed by atoms with Crippen LogP contribution in [0.2, 0.25) is 0 Å². The highest BCUT2D eigenvalue weighted by atomic mass is 16.2. The summed E-state index contributed by atoms with van der Waals surface area (Å²) in [5.74, 6) is 2.67. The van der Waals surface area contributed by atoms with Crippen molar-refractivity contribution in [3.8, 4) is 0 Å². The first kappa shape index (κ1) is 15.2. The van der Waals surface area contributed by atoms with E-state index in [0.717, 1.165) is 17.5 Å². The third kappa shape index (κ3) is 4.73. The number of amides is 1. The zero-order valence-corrected chi connectivity index (χ0v) is 12.3. The molecule has 6 nitrogen and oxygen atoms in total. The summed E-state index contributed by atoms with van der Waals surface area (Å²) < 4.78 is 0. The molecule has 1 aromatic rings. The number of aromatic nitrogens is 2. The molecule has 0 unspecified atom stereocenters. The van der Waals surface area contributed by atoms with Gasteiger partial charge in [-0.1, -0.05) is 13.8 Å². The van der Waals surface area contributed by atoms with E-state index in [1.54, 1.807) is 19.0 Å². The lowest BCUT2D eigenvalue weighted by atomic mass is 10.2. The zero-order chi connectivity index (χ0) is 14.4. The average molecular weight is 265 g/mol. The number of rotatable bonds is 6. The fourth-order valence-electron chi connectivity index (χ4n) is 1.46. The Hall–Kier alpha value is -1.85. The van der Waals surface area contributed by atoms with Crippen molar-refractivity contribution < 1.29 is 4.79 Å². The lowest BCUT2D eigenvalue weighted by molar-refractivity contribution is -0.128. The van der Waals surface area contributed by atoms with Crippen LogP contribution in [0.3, 0.4) is 0 Å². The maximum atomic E-state index is 11.5. The van der Waals surface area contributed by atoms with Gasteiger partial charge < -0.3 is 15.5 Å². The number of hydrogen-bond acceptors (Lipinski definition) is 5.